The molecule has 3 amide bonds. The van der Waals surface area contributed by atoms with E-state index in [0.717, 1.165) is 6.07 Å². The van der Waals surface area contributed by atoms with Crippen LogP contribution in [0.25, 0.3) is 6.08 Å². The highest BCUT2D eigenvalue weighted by atomic mass is 16.6. The zero-order valence-electron chi connectivity index (χ0n) is 28.6. The summed E-state index contributed by atoms with van der Waals surface area (Å²) in [6, 6.07) is 7.62. The average Bonchev–Trinajstić information content (AvgIpc) is 3.07. The van der Waals surface area contributed by atoms with E-state index in [1.54, 1.807) is 57.2 Å². The highest BCUT2D eigenvalue weighted by molar-refractivity contribution is 6.10. The SMILES string of the molecule is COc1ccccc1C(=O)Nc1c(O)cc2c(O)c1/C=C(\C)C[C@H](OC)[C@H](O)[C@@H](C)/C=C(\C)[C@H](OC(N)=O)[C@@H](OC)C=C/C=C(\C)C(=O)N2. The van der Waals surface area contributed by atoms with Gasteiger partial charge in [0.25, 0.3) is 11.8 Å². The Balaban J connectivity index is 2.20. The van der Waals surface area contributed by atoms with Gasteiger partial charge in [-0.1, -0.05) is 48.9 Å². The number of rotatable bonds is 6. The van der Waals surface area contributed by atoms with Crippen molar-refractivity contribution in [2.24, 2.45) is 11.7 Å². The van der Waals surface area contributed by atoms with Crippen molar-refractivity contribution in [1.82, 2.24) is 0 Å². The number of phenolic OH excluding ortho intramolecular Hbond substituents is 2. The number of anilines is 2. The molecular weight excluding hydrogens is 634 g/mol. The van der Waals surface area contributed by atoms with E-state index in [1.165, 1.54) is 46.5 Å². The van der Waals surface area contributed by atoms with Crippen LogP contribution in [0, 0.1) is 5.92 Å². The molecule has 0 saturated carbocycles. The Morgan fingerprint density at radius 2 is 1.76 bits per heavy atom. The Morgan fingerprint density at radius 3 is 2.39 bits per heavy atom. The molecule has 2 aromatic rings. The fraction of sp³-hybridized carbons (Fsp3) is 0.361. The van der Waals surface area contributed by atoms with Crippen LogP contribution in [-0.4, -0.2) is 79.0 Å². The first-order valence-electron chi connectivity index (χ1n) is 15.5. The minimum absolute atomic E-state index is 0.00185. The fourth-order valence-corrected chi connectivity index (χ4v) is 5.43. The van der Waals surface area contributed by atoms with Gasteiger partial charge in [-0.2, -0.15) is 0 Å². The number of aliphatic hydroxyl groups excluding tert-OH is 1. The Labute approximate surface area is 285 Å². The van der Waals surface area contributed by atoms with Crippen molar-refractivity contribution in [2.45, 2.75) is 58.5 Å². The van der Waals surface area contributed by atoms with E-state index in [-0.39, 0.29) is 34.5 Å². The van der Waals surface area contributed by atoms with Crippen molar-refractivity contribution in [3.8, 4) is 17.2 Å². The molecule has 1 aliphatic rings. The number of primary amides is 1. The van der Waals surface area contributed by atoms with E-state index in [0.29, 0.717) is 16.9 Å². The number of nitrogens with one attached hydrogen (secondary N) is 2. The standard InChI is InChI=1S/C36H45N3O10/c1-19-15-24-30(39-35(44)23-12-8-9-13-27(23)46-5)26(40)18-25(32(24)42)38-34(43)20(2)11-10-14-28(47-6)33(49-36(37)45)22(4)17-21(3)31(41)29(16-19)48-7/h8-15,17-18,21,28-29,31,33,40-42H,16H2,1-7H3,(H2,37,45)(H,38,43)(H,39,44)/b14-10?,19-15+,20-11+,22-17+/t21-,28-,29-,31+,33-/m0/s1. The third kappa shape index (κ3) is 9.72. The average molecular weight is 680 g/mol. The highest BCUT2D eigenvalue weighted by Crippen LogP contribution is 2.43. The number of ether oxygens (including phenoxy) is 4. The molecule has 0 aliphatic carbocycles. The summed E-state index contributed by atoms with van der Waals surface area (Å²) in [5.74, 6) is -2.33. The van der Waals surface area contributed by atoms with Gasteiger partial charge in [-0.3, -0.25) is 9.59 Å². The van der Waals surface area contributed by atoms with Gasteiger partial charge in [0.15, 0.2) is 6.10 Å². The molecule has 1 aliphatic heterocycles. The minimum atomic E-state index is -1.06. The van der Waals surface area contributed by atoms with Crippen LogP contribution in [0.4, 0.5) is 16.2 Å². The van der Waals surface area contributed by atoms with Gasteiger partial charge >= 0.3 is 6.09 Å². The number of aliphatic hydroxyl groups is 1. The number of benzene rings is 2. The van der Waals surface area contributed by atoms with Crippen LogP contribution in [0.15, 0.2) is 71.4 Å². The van der Waals surface area contributed by atoms with E-state index in [1.807, 2.05) is 0 Å². The van der Waals surface area contributed by atoms with Gasteiger partial charge in [0.05, 0.1) is 36.3 Å². The number of carbonyl (C=O) groups is 3. The third-order valence-corrected chi connectivity index (χ3v) is 8.08. The summed E-state index contributed by atoms with van der Waals surface area (Å²) >= 11 is 0. The Kier molecular flexibility index (Phi) is 13.6. The summed E-state index contributed by atoms with van der Waals surface area (Å²) in [6.07, 6.45) is 3.38. The lowest BCUT2D eigenvalue weighted by Gasteiger charge is -2.28. The molecule has 5 atom stereocenters. The molecule has 264 valence electrons. The molecule has 0 aromatic heterocycles. The van der Waals surface area contributed by atoms with Gasteiger partial charge in [0.2, 0.25) is 0 Å². The van der Waals surface area contributed by atoms with Crippen LogP contribution in [0.1, 0.15) is 50.0 Å². The van der Waals surface area contributed by atoms with Gasteiger partial charge in [-0.25, -0.2) is 4.79 Å². The van der Waals surface area contributed by atoms with E-state index in [4.69, 9.17) is 24.7 Å². The van der Waals surface area contributed by atoms with Crippen molar-refractivity contribution in [2.75, 3.05) is 32.0 Å². The van der Waals surface area contributed by atoms with Crippen molar-refractivity contribution < 1.29 is 48.7 Å². The summed E-state index contributed by atoms with van der Waals surface area (Å²) in [6.45, 7) is 6.73. The van der Waals surface area contributed by atoms with Gasteiger partial charge in [0.1, 0.15) is 23.4 Å². The molecule has 2 aromatic carbocycles. The molecule has 0 unspecified atom stereocenters. The normalized spacial score (nSPS) is 25.4. The molecule has 0 saturated heterocycles. The molecule has 1 heterocycles. The predicted molar refractivity (Wildman–Crippen MR) is 185 cm³/mol. The molecule has 3 rings (SSSR count). The van der Waals surface area contributed by atoms with E-state index in [2.05, 4.69) is 10.6 Å². The topological polar surface area (TPSA) is 199 Å². The maximum Gasteiger partial charge on any atom is 0.405 e. The summed E-state index contributed by atoms with van der Waals surface area (Å²) in [4.78, 5) is 38.4. The lowest BCUT2D eigenvalue weighted by Crippen LogP contribution is -2.36. The smallest absolute Gasteiger partial charge is 0.405 e. The maximum absolute atomic E-state index is 13.4. The number of phenols is 2. The van der Waals surface area contributed by atoms with Crippen LogP contribution >= 0.6 is 0 Å². The molecule has 13 nitrogen and oxygen atoms in total. The number of aromatic hydroxyl groups is 2. The molecule has 0 radical (unpaired) electrons. The largest absolute Gasteiger partial charge is 0.506 e. The van der Waals surface area contributed by atoms with Gasteiger partial charge in [0, 0.05) is 37.3 Å². The second kappa shape index (κ2) is 17.3. The predicted octanol–water partition coefficient (Wildman–Crippen LogP) is 5.04. The Bertz CT molecular complexity index is 1660. The zero-order valence-corrected chi connectivity index (χ0v) is 28.6. The molecule has 0 spiro atoms. The quantitative estimate of drug-likeness (QED) is 0.137. The van der Waals surface area contributed by atoms with Crippen LogP contribution < -0.4 is 21.1 Å². The zero-order chi connectivity index (χ0) is 36.4. The van der Waals surface area contributed by atoms with Gasteiger partial charge in [-0.05, 0) is 51.0 Å². The van der Waals surface area contributed by atoms with Crippen molar-refractivity contribution in [1.29, 1.82) is 0 Å². The lowest BCUT2D eigenvalue weighted by atomic mass is 9.91. The van der Waals surface area contributed by atoms with E-state index < -0.39 is 59.7 Å². The number of fused-ring (bicyclic) bond motifs is 2. The summed E-state index contributed by atoms with van der Waals surface area (Å²) in [7, 11) is 4.28. The third-order valence-electron chi connectivity index (χ3n) is 8.08. The fourth-order valence-electron chi connectivity index (χ4n) is 5.43. The first-order chi connectivity index (χ1) is 23.2. The van der Waals surface area contributed by atoms with Gasteiger partial charge < -0.3 is 50.6 Å². The second-order valence-corrected chi connectivity index (χ2v) is 11.7. The van der Waals surface area contributed by atoms with Crippen molar-refractivity contribution in [3.05, 3.63) is 82.5 Å². The van der Waals surface area contributed by atoms with E-state index >= 15 is 0 Å². The molecule has 13 heteroatoms. The van der Waals surface area contributed by atoms with E-state index in [9.17, 15) is 29.7 Å². The van der Waals surface area contributed by atoms with Crippen LogP contribution in [0.2, 0.25) is 0 Å². The maximum atomic E-state index is 13.4. The number of amides is 3. The lowest BCUT2D eigenvalue weighted by molar-refractivity contribution is -0.112. The van der Waals surface area contributed by atoms with Crippen molar-refractivity contribution in [3.63, 3.8) is 0 Å². The Morgan fingerprint density at radius 1 is 1.06 bits per heavy atom. The number of para-hydroxylation sites is 1. The summed E-state index contributed by atoms with van der Waals surface area (Å²) in [5, 5.41) is 39.2. The van der Waals surface area contributed by atoms with Crippen molar-refractivity contribution >= 4 is 35.4 Å². The van der Waals surface area contributed by atoms with Crippen LogP contribution in [0.5, 0.6) is 17.2 Å². The molecular formula is C36H45N3O10. The van der Waals surface area contributed by atoms with Crippen LogP contribution in [-0.2, 0) is 19.0 Å². The number of nitrogens with two attached hydrogens (primary N) is 1. The second-order valence-electron chi connectivity index (χ2n) is 11.7. The monoisotopic (exact) mass is 679 g/mol. The number of hydrogen-bond acceptors (Lipinski definition) is 10. The Hall–Kier alpha value is -5.11. The number of allylic oxidation sites excluding steroid dienone is 2. The van der Waals surface area contributed by atoms with Crippen LogP contribution in [0.3, 0.4) is 0 Å². The number of methoxy groups -OCH3 is 3. The number of hydrogen-bond donors (Lipinski definition) is 6. The first kappa shape index (κ1) is 38.3. The summed E-state index contributed by atoms with van der Waals surface area (Å²) < 4.78 is 21.9. The minimum Gasteiger partial charge on any atom is -0.506 e. The van der Waals surface area contributed by atoms with Gasteiger partial charge in [-0.15, -0.1) is 0 Å². The molecule has 7 N–H and O–H groups in total. The molecule has 2 bridgehead atoms. The number of carbonyl (C=O) groups excluding carboxylic acids is 3. The highest BCUT2D eigenvalue weighted by Gasteiger charge is 2.29. The molecule has 49 heavy (non-hydrogen) atoms. The molecule has 0 fully saturated rings. The first-order valence-corrected chi connectivity index (χ1v) is 15.5. The summed E-state index contributed by atoms with van der Waals surface area (Å²) in [5.41, 5.74) is 6.63.